The fraction of sp³-hybridized carbons (Fsp3) is 0.267. The molecule has 0 fully saturated rings. The fourth-order valence-electron chi connectivity index (χ4n) is 2.00. The van der Waals surface area contributed by atoms with Crippen LogP contribution in [-0.2, 0) is 16.0 Å². The predicted octanol–water partition coefficient (Wildman–Crippen LogP) is 2.14. The fourth-order valence-corrected chi connectivity index (χ4v) is 2.00. The lowest BCUT2D eigenvalue weighted by atomic mass is 10.0. The number of rotatable bonds is 5. The van der Waals surface area contributed by atoms with Crippen LogP contribution in [0.1, 0.15) is 5.56 Å². The molecule has 0 atom stereocenters. The molecule has 2 aromatic rings. The standard InChI is InChI=1S/C15H17NO2/c1-18-15(17)11-16-10-9-13-7-4-6-12-5-2-3-8-14(12)13/h2-8,16H,9-11H2,1H3. The number of benzene rings is 2. The Morgan fingerprint density at radius 2 is 1.94 bits per heavy atom. The van der Waals surface area contributed by atoms with E-state index in [-0.39, 0.29) is 12.5 Å². The molecule has 0 radical (unpaired) electrons. The second-order valence-corrected chi connectivity index (χ2v) is 4.14. The second-order valence-electron chi connectivity index (χ2n) is 4.14. The van der Waals surface area contributed by atoms with Crippen molar-refractivity contribution in [1.29, 1.82) is 0 Å². The molecule has 0 bridgehead atoms. The number of carbonyl (C=O) groups excluding carboxylic acids is 1. The van der Waals surface area contributed by atoms with Crippen LogP contribution in [0.4, 0.5) is 0 Å². The monoisotopic (exact) mass is 243 g/mol. The number of carbonyl (C=O) groups is 1. The van der Waals surface area contributed by atoms with Crippen LogP contribution in [0.15, 0.2) is 42.5 Å². The molecule has 2 rings (SSSR count). The molecular weight excluding hydrogens is 226 g/mol. The summed E-state index contributed by atoms with van der Waals surface area (Å²) in [5, 5.41) is 5.61. The first kappa shape index (κ1) is 12.6. The van der Waals surface area contributed by atoms with Gasteiger partial charge in [0, 0.05) is 0 Å². The Kier molecular flexibility index (Phi) is 4.31. The summed E-state index contributed by atoms with van der Waals surface area (Å²) in [6.45, 7) is 1.03. The van der Waals surface area contributed by atoms with E-state index in [1.165, 1.54) is 23.4 Å². The first-order chi connectivity index (χ1) is 8.81. The molecule has 3 nitrogen and oxygen atoms in total. The highest BCUT2D eigenvalue weighted by Crippen LogP contribution is 2.18. The van der Waals surface area contributed by atoms with Gasteiger partial charge in [0.15, 0.2) is 0 Å². The van der Waals surface area contributed by atoms with Gasteiger partial charge in [-0.1, -0.05) is 42.5 Å². The minimum atomic E-state index is -0.229. The lowest BCUT2D eigenvalue weighted by molar-refractivity contribution is -0.139. The maximum atomic E-state index is 11.0. The minimum Gasteiger partial charge on any atom is -0.468 e. The lowest BCUT2D eigenvalue weighted by Gasteiger charge is -2.07. The van der Waals surface area contributed by atoms with E-state index in [9.17, 15) is 4.79 Å². The quantitative estimate of drug-likeness (QED) is 0.646. The molecule has 94 valence electrons. The number of ether oxygens (including phenoxy) is 1. The van der Waals surface area contributed by atoms with Gasteiger partial charge in [-0.05, 0) is 29.3 Å². The van der Waals surface area contributed by atoms with Crippen molar-refractivity contribution in [3.8, 4) is 0 Å². The Morgan fingerprint density at radius 3 is 2.78 bits per heavy atom. The van der Waals surface area contributed by atoms with Crippen LogP contribution < -0.4 is 5.32 Å². The zero-order valence-electron chi connectivity index (χ0n) is 10.5. The van der Waals surface area contributed by atoms with Gasteiger partial charge in [0.25, 0.3) is 0 Å². The maximum Gasteiger partial charge on any atom is 0.319 e. The molecule has 0 saturated heterocycles. The summed E-state index contributed by atoms with van der Waals surface area (Å²) in [5.74, 6) is -0.229. The summed E-state index contributed by atoms with van der Waals surface area (Å²) in [6.07, 6.45) is 0.901. The third-order valence-corrected chi connectivity index (χ3v) is 2.95. The molecule has 0 aliphatic carbocycles. The number of nitrogens with one attached hydrogen (secondary N) is 1. The average Bonchev–Trinajstić information content (AvgIpc) is 2.43. The van der Waals surface area contributed by atoms with E-state index >= 15 is 0 Å². The Hall–Kier alpha value is -1.87. The number of fused-ring (bicyclic) bond motifs is 1. The molecule has 1 N–H and O–H groups in total. The molecule has 0 amide bonds. The molecule has 0 spiro atoms. The van der Waals surface area contributed by atoms with Gasteiger partial charge in [-0.2, -0.15) is 0 Å². The summed E-state index contributed by atoms with van der Waals surface area (Å²) in [7, 11) is 1.40. The molecular formula is C15H17NO2. The summed E-state index contributed by atoms with van der Waals surface area (Å²) in [6, 6.07) is 14.6. The van der Waals surface area contributed by atoms with Crippen molar-refractivity contribution >= 4 is 16.7 Å². The number of hydrogen-bond donors (Lipinski definition) is 1. The summed E-state index contributed by atoms with van der Waals surface area (Å²) in [5.41, 5.74) is 1.30. The van der Waals surface area contributed by atoms with Gasteiger partial charge < -0.3 is 10.1 Å². The molecule has 18 heavy (non-hydrogen) atoms. The average molecular weight is 243 g/mol. The van der Waals surface area contributed by atoms with E-state index in [4.69, 9.17) is 0 Å². The number of methoxy groups -OCH3 is 1. The van der Waals surface area contributed by atoms with E-state index in [0.29, 0.717) is 0 Å². The molecule has 0 unspecified atom stereocenters. The van der Waals surface area contributed by atoms with Crippen molar-refractivity contribution in [2.45, 2.75) is 6.42 Å². The van der Waals surface area contributed by atoms with Crippen molar-refractivity contribution in [3.63, 3.8) is 0 Å². The smallest absolute Gasteiger partial charge is 0.319 e. The molecule has 0 heterocycles. The van der Waals surface area contributed by atoms with Gasteiger partial charge in [-0.3, -0.25) is 4.79 Å². The first-order valence-corrected chi connectivity index (χ1v) is 6.05. The van der Waals surface area contributed by atoms with Crippen molar-refractivity contribution < 1.29 is 9.53 Å². The van der Waals surface area contributed by atoms with Crippen LogP contribution in [0.2, 0.25) is 0 Å². The molecule has 0 aromatic heterocycles. The van der Waals surface area contributed by atoms with Crippen LogP contribution in [-0.4, -0.2) is 26.2 Å². The normalized spacial score (nSPS) is 10.5. The first-order valence-electron chi connectivity index (χ1n) is 6.05. The zero-order chi connectivity index (χ0) is 12.8. The van der Waals surface area contributed by atoms with Crippen molar-refractivity contribution in [2.24, 2.45) is 0 Å². The zero-order valence-corrected chi connectivity index (χ0v) is 10.5. The van der Waals surface area contributed by atoms with E-state index in [1.807, 2.05) is 12.1 Å². The second kappa shape index (κ2) is 6.17. The largest absolute Gasteiger partial charge is 0.468 e. The van der Waals surface area contributed by atoms with Gasteiger partial charge in [0.1, 0.15) is 0 Å². The topological polar surface area (TPSA) is 38.3 Å². The van der Waals surface area contributed by atoms with Crippen LogP contribution in [0.25, 0.3) is 10.8 Å². The Balaban J connectivity index is 1.97. The van der Waals surface area contributed by atoms with Crippen LogP contribution >= 0.6 is 0 Å². The highest BCUT2D eigenvalue weighted by atomic mass is 16.5. The van der Waals surface area contributed by atoms with Gasteiger partial charge in [0.2, 0.25) is 0 Å². The van der Waals surface area contributed by atoms with E-state index in [1.54, 1.807) is 0 Å². The van der Waals surface area contributed by atoms with Crippen molar-refractivity contribution in [3.05, 3.63) is 48.0 Å². The third kappa shape index (κ3) is 3.08. The number of hydrogen-bond acceptors (Lipinski definition) is 3. The minimum absolute atomic E-state index is 0.229. The molecule has 0 saturated carbocycles. The Bertz CT molecular complexity index is 532. The predicted molar refractivity (Wildman–Crippen MR) is 72.5 cm³/mol. The van der Waals surface area contributed by atoms with Crippen molar-refractivity contribution in [2.75, 3.05) is 20.2 Å². The van der Waals surface area contributed by atoms with E-state index in [2.05, 4.69) is 40.4 Å². The number of esters is 1. The van der Waals surface area contributed by atoms with Crippen LogP contribution in [0, 0.1) is 0 Å². The van der Waals surface area contributed by atoms with Gasteiger partial charge in [-0.15, -0.1) is 0 Å². The van der Waals surface area contributed by atoms with Gasteiger partial charge in [0.05, 0.1) is 13.7 Å². The van der Waals surface area contributed by atoms with Crippen LogP contribution in [0.5, 0.6) is 0 Å². The van der Waals surface area contributed by atoms with Crippen LogP contribution in [0.3, 0.4) is 0 Å². The van der Waals surface area contributed by atoms with Gasteiger partial charge >= 0.3 is 5.97 Å². The maximum absolute atomic E-state index is 11.0. The lowest BCUT2D eigenvalue weighted by Crippen LogP contribution is -2.25. The van der Waals surface area contributed by atoms with E-state index in [0.717, 1.165) is 13.0 Å². The molecule has 0 aliphatic rings. The summed E-state index contributed by atoms with van der Waals surface area (Å²) in [4.78, 5) is 11.0. The molecule has 2 aromatic carbocycles. The third-order valence-electron chi connectivity index (χ3n) is 2.95. The highest BCUT2D eigenvalue weighted by molar-refractivity contribution is 5.85. The van der Waals surface area contributed by atoms with E-state index < -0.39 is 0 Å². The summed E-state index contributed by atoms with van der Waals surface area (Å²) < 4.78 is 4.57. The Labute approximate surface area is 107 Å². The van der Waals surface area contributed by atoms with Gasteiger partial charge in [-0.25, -0.2) is 0 Å². The summed E-state index contributed by atoms with van der Waals surface area (Å²) >= 11 is 0. The molecule has 0 aliphatic heterocycles. The van der Waals surface area contributed by atoms with Crippen molar-refractivity contribution in [1.82, 2.24) is 5.32 Å². The highest BCUT2D eigenvalue weighted by Gasteiger charge is 2.01. The SMILES string of the molecule is COC(=O)CNCCc1cccc2ccccc12. The molecule has 3 heteroatoms. The Morgan fingerprint density at radius 1 is 1.17 bits per heavy atom.